The van der Waals surface area contributed by atoms with E-state index in [-0.39, 0.29) is 6.04 Å². The number of nitrogens with zero attached hydrogens (tertiary/aromatic N) is 1. The number of methoxy groups -OCH3 is 1. The van der Waals surface area contributed by atoms with Gasteiger partial charge in [-0.1, -0.05) is 13.8 Å². The van der Waals surface area contributed by atoms with Gasteiger partial charge in [-0.15, -0.1) is 0 Å². The summed E-state index contributed by atoms with van der Waals surface area (Å²) in [7, 11) is 3.66. The van der Waals surface area contributed by atoms with Gasteiger partial charge in [0.15, 0.2) is 0 Å². The standard InChI is InChI=1S/C15H26N2O2/c1-11(2)14(16)7-8-17(3)10-12-9-13(19-4)5-6-15(12)18/h5-6,9,11,14,18H,7-8,10,16H2,1-4H3. The minimum atomic E-state index is 0.223. The third-order valence-corrected chi connectivity index (χ3v) is 3.43. The summed E-state index contributed by atoms with van der Waals surface area (Å²) < 4.78 is 5.17. The Morgan fingerprint density at radius 1 is 1.37 bits per heavy atom. The van der Waals surface area contributed by atoms with E-state index in [0.29, 0.717) is 18.2 Å². The van der Waals surface area contributed by atoms with Crippen LogP contribution >= 0.6 is 0 Å². The molecule has 0 amide bonds. The second-order valence-electron chi connectivity index (χ2n) is 5.43. The summed E-state index contributed by atoms with van der Waals surface area (Å²) >= 11 is 0. The highest BCUT2D eigenvalue weighted by Gasteiger charge is 2.11. The van der Waals surface area contributed by atoms with Gasteiger partial charge in [-0.2, -0.15) is 0 Å². The average molecular weight is 266 g/mol. The van der Waals surface area contributed by atoms with Crippen molar-refractivity contribution >= 4 is 0 Å². The van der Waals surface area contributed by atoms with Crippen LogP contribution in [-0.2, 0) is 6.54 Å². The molecule has 0 bridgehead atoms. The van der Waals surface area contributed by atoms with Crippen molar-refractivity contribution in [2.75, 3.05) is 20.7 Å². The highest BCUT2D eigenvalue weighted by molar-refractivity contribution is 5.39. The zero-order valence-electron chi connectivity index (χ0n) is 12.4. The maximum absolute atomic E-state index is 9.84. The minimum absolute atomic E-state index is 0.223. The lowest BCUT2D eigenvalue weighted by atomic mass is 10.0. The van der Waals surface area contributed by atoms with Crippen molar-refractivity contribution in [3.63, 3.8) is 0 Å². The van der Waals surface area contributed by atoms with E-state index in [9.17, 15) is 5.11 Å². The molecule has 0 aliphatic heterocycles. The summed E-state index contributed by atoms with van der Waals surface area (Å²) in [5.74, 6) is 1.57. The molecule has 0 aromatic heterocycles. The van der Waals surface area contributed by atoms with Crippen molar-refractivity contribution in [2.24, 2.45) is 11.7 Å². The fourth-order valence-corrected chi connectivity index (χ4v) is 1.89. The summed E-state index contributed by atoms with van der Waals surface area (Å²) in [4.78, 5) is 2.16. The monoisotopic (exact) mass is 266 g/mol. The molecule has 0 spiro atoms. The van der Waals surface area contributed by atoms with E-state index in [4.69, 9.17) is 10.5 Å². The van der Waals surface area contributed by atoms with Crippen LogP contribution in [0.4, 0.5) is 0 Å². The summed E-state index contributed by atoms with van der Waals surface area (Å²) in [6.45, 7) is 5.88. The largest absolute Gasteiger partial charge is 0.508 e. The first kappa shape index (κ1) is 15.8. The normalized spacial score (nSPS) is 13.0. The van der Waals surface area contributed by atoms with Crippen molar-refractivity contribution in [1.82, 2.24) is 4.90 Å². The van der Waals surface area contributed by atoms with Crippen LogP contribution in [0.25, 0.3) is 0 Å². The number of phenolic OH excluding ortho intramolecular Hbond substituents is 1. The van der Waals surface area contributed by atoms with Gasteiger partial charge >= 0.3 is 0 Å². The van der Waals surface area contributed by atoms with Crippen molar-refractivity contribution in [2.45, 2.75) is 32.9 Å². The Morgan fingerprint density at radius 2 is 2.05 bits per heavy atom. The molecule has 4 heteroatoms. The Bertz CT molecular complexity index is 394. The SMILES string of the molecule is COc1ccc(O)c(CN(C)CCC(N)C(C)C)c1. The molecule has 0 aliphatic rings. The van der Waals surface area contributed by atoms with Crippen LogP contribution in [0.2, 0.25) is 0 Å². The maximum atomic E-state index is 9.84. The first-order valence-corrected chi connectivity index (χ1v) is 6.74. The third-order valence-electron chi connectivity index (χ3n) is 3.43. The number of nitrogens with two attached hydrogens (primary N) is 1. The zero-order chi connectivity index (χ0) is 14.4. The van der Waals surface area contributed by atoms with Crippen molar-refractivity contribution in [3.8, 4) is 11.5 Å². The van der Waals surface area contributed by atoms with Crippen LogP contribution in [0.15, 0.2) is 18.2 Å². The highest BCUT2D eigenvalue weighted by atomic mass is 16.5. The lowest BCUT2D eigenvalue weighted by Gasteiger charge is -2.21. The van der Waals surface area contributed by atoms with Gasteiger partial charge in [-0.25, -0.2) is 0 Å². The van der Waals surface area contributed by atoms with Crippen LogP contribution in [0.3, 0.4) is 0 Å². The quantitative estimate of drug-likeness (QED) is 0.794. The number of phenols is 1. The zero-order valence-corrected chi connectivity index (χ0v) is 12.4. The molecule has 4 nitrogen and oxygen atoms in total. The van der Waals surface area contributed by atoms with Crippen LogP contribution in [0, 0.1) is 5.92 Å². The molecule has 1 atom stereocenters. The molecule has 0 radical (unpaired) electrons. The summed E-state index contributed by atoms with van der Waals surface area (Å²) in [6.07, 6.45) is 0.957. The highest BCUT2D eigenvalue weighted by Crippen LogP contribution is 2.24. The van der Waals surface area contributed by atoms with Gasteiger partial charge in [-0.05, 0) is 44.1 Å². The minimum Gasteiger partial charge on any atom is -0.508 e. The number of hydrogen-bond donors (Lipinski definition) is 2. The first-order chi connectivity index (χ1) is 8.93. The third kappa shape index (κ3) is 5.09. The van der Waals surface area contributed by atoms with E-state index in [2.05, 4.69) is 18.7 Å². The Morgan fingerprint density at radius 3 is 2.63 bits per heavy atom. The summed E-state index contributed by atoms with van der Waals surface area (Å²) in [5.41, 5.74) is 6.91. The molecule has 108 valence electrons. The Hall–Kier alpha value is -1.26. The van der Waals surface area contributed by atoms with Gasteiger partial charge < -0.3 is 20.5 Å². The molecule has 19 heavy (non-hydrogen) atoms. The molecular formula is C15H26N2O2. The molecule has 1 unspecified atom stereocenters. The molecule has 1 aromatic rings. The summed E-state index contributed by atoms with van der Waals surface area (Å²) in [5, 5.41) is 9.84. The van der Waals surface area contributed by atoms with E-state index in [1.807, 2.05) is 13.1 Å². The number of aromatic hydroxyl groups is 1. The van der Waals surface area contributed by atoms with E-state index in [1.54, 1.807) is 19.2 Å². The molecule has 0 fully saturated rings. The second-order valence-corrected chi connectivity index (χ2v) is 5.43. The number of benzene rings is 1. The molecule has 0 saturated heterocycles. The predicted molar refractivity (Wildman–Crippen MR) is 78.4 cm³/mol. The van der Waals surface area contributed by atoms with Crippen LogP contribution < -0.4 is 10.5 Å². The summed E-state index contributed by atoms with van der Waals surface area (Å²) in [6, 6.07) is 5.52. The van der Waals surface area contributed by atoms with E-state index in [0.717, 1.165) is 24.3 Å². The number of rotatable bonds is 7. The predicted octanol–water partition coefficient (Wildman–Crippen LogP) is 2.21. The van der Waals surface area contributed by atoms with Gasteiger partial charge in [0.05, 0.1) is 7.11 Å². The molecular weight excluding hydrogens is 240 g/mol. The first-order valence-electron chi connectivity index (χ1n) is 6.74. The molecule has 0 heterocycles. The molecule has 1 rings (SSSR count). The van der Waals surface area contributed by atoms with E-state index >= 15 is 0 Å². The molecule has 3 N–H and O–H groups in total. The van der Waals surface area contributed by atoms with E-state index in [1.165, 1.54) is 0 Å². The molecule has 0 saturated carbocycles. The lowest BCUT2D eigenvalue weighted by molar-refractivity contribution is 0.291. The van der Waals surface area contributed by atoms with Gasteiger partial charge in [0.25, 0.3) is 0 Å². The topological polar surface area (TPSA) is 58.7 Å². The number of ether oxygens (including phenoxy) is 1. The van der Waals surface area contributed by atoms with Crippen molar-refractivity contribution in [3.05, 3.63) is 23.8 Å². The van der Waals surface area contributed by atoms with Crippen LogP contribution in [-0.4, -0.2) is 36.8 Å². The Kier molecular flexibility index (Phi) is 6.12. The Labute approximate surface area is 116 Å². The van der Waals surface area contributed by atoms with Gasteiger partial charge in [0, 0.05) is 18.2 Å². The van der Waals surface area contributed by atoms with Crippen LogP contribution in [0.5, 0.6) is 11.5 Å². The van der Waals surface area contributed by atoms with Gasteiger partial charge in [-0.3, -0.25) is 0 Å². The maximum Gasteiger partial charge on any atom is 0.120 e. The number of hydrogen-bond acceptors (Lipinski definition) is 4. The van der Waals surface area contributed by atoms with Crippen molar-refractivity contribution in [1.29, 1.82) is 0 Å². The van der Waals surface area contributed by atoms with E-state index < -0.39 is 0 Å². The van der Waals surface area contributed by atoms with Crippen molar-refractivity contribution < 1.29 is 9.84 Å². The van der Waals surface area contributed by atoms with Crippen LogP contribution in [0.1, 0.15) is 25.8 Å². The fourth-order valence-electron chi connectivity index (χ4n) is 1.89. The second kappa shape index (κ2) is 7.36. The molecule has 1 aromatic carbocycles. The lowest BCUT2D eigenvalue weighted by Crippen LogP contribution is -2.31. The molecule has 0 aliphatic carbocycles. The van der Waals surface area contributed by atoms with Gasteiger partial charge in [0.2, 0.25) is 0 Å². The fraction of sp³-hybridized carbons (Fsp3) is 0.600. The Balaban J connectivity index is 2.54. The average Bonchev–Trinajstić information content (AvgIpc) is 2.38. The smallest absolute Gasteiger partial charge is 0.120 e. The van der Waals surface area contributed by atoms with Gasteiger partial charge in [0.1, 0.15) is 11.5 Å².